The number of benzene rings is 1. The largest absolute Gasteiger partial charge is 0.377 e. The fraction of sp³-hybridized carbons (Fsp3) is 0.250. The van der Waals surface area contributed by atoms with Gasteiger partial charge in [-0.25, -0.2) is 4.98 Å². The van der Waals surface area contributed by atoms with Crippen LogP contribution in [0, 0.1) is 0 Å². The summed E-state index contributed by atoms with van der Waals surface area (Å²) in [5, 5.41) is 5.53. The van der Waals surface area contributed by atoms with Crippen molar-refractivity contribution in [2.45, 2.75) is 17.9 Å². The Kier molecular flexibility index (Phi) is 3.85. The molecule has 16 heavy (non-hydrogen) atoms. The van der Waals surface area contributed by atoms with Gasteiger partial charge in [0.15, 0.2) is 0 Å². The van der Waals surface area contributed by atoms with Crippen LogP contribution in [0.5, 0.6) is 0 Å². The molecular weight excluding hydrogens is 236 g/mol. The molecule has 1 heterocycles. The van der Waals surface area contributed by atoms with Crippen LogP contribution < -0.4 is 5.32 Å². The van der Waals surface area contributed by atoms with Gasteiger partial charge in [-0.1, -0.05) is 6.07 Å². The zero-order valence-electron chi connectivity index (χ0n) is 9.31. The quantitative estimate of drug-likeness (QED) is 0.829. The molecule has 1 aromatic heterocycles. The predicted molar refractivity (Wildman–Crippen MR) is 72.4 cm³/mol. The van der Waals surface area contributed by atoms with E-state index in [0.29, 0.717) is 0 Å². The Morgan fingerprint density at radius 2 is 2.31 bits per heavy atom. The maximum absolute atomic E-state index is 4.31. The lowest BCUT2D eigenvalue weighted by Gasteiger charge is -2.13. The van der Waals surface area contributed by atoms with E-state index in [2.05, 4.69) is 53.1 Å². The fourth-order valence-electron chi connectivity index (χ4n) is 1.47. The zero-order valence-corrected chi connectivity index (χ0v) is 10.9. The molecule has 0 radical (unpaired) electrons. The molecule has 1 aromatic carbocycles. The van der Waals surface area contributed by atoms with Crippen LogP contribution in [0.3, 0.4) is 0 Å². The minimum absolute atomic E-state index is 0.253. The lowest BCUT2D eigenvalue weighted by Crippen LogP contribution is -2.06. The predicted octanol–water partition coefficient (Wildman–Crippen LogP) is 4.04. The maximum atomic E-state index is 4.31. The lowest BCUT2D eigenvalue weighted by molar-refractivity contribution is 0.849. The van der Waals surface area contributed by atoms with E-state index in [4.69, 9.17) is 0 Å². The molecule has 2 nitrogen and oxygen atoms in total. The van der Waals surface area contributed by atoms with Crippen molar-refractivity contribution in [3.05, 3.63) is 40.8 Å². The molecule has 84 valence electrons. The number of thiazole rings is 1. The monoisotopic (exact) mass is 250 g/mol. The summed E-state index contributed by atoms with van der Waals surface area (Å²) in [5.74, 6) is 0. The van der Waals surface area contributed by atoms with Gasteiger partial charge in [0.2, 0.25) is 0 Å². The molecule has 0 spiro atoms. The first-order chi connectivity index (χ1) is 7.79. The molecule has 0 fully saturated rings. The van der Waals surface area contributed by atoms with E-state index in [1.807, 2.05) is 5.51 Å². The smallest absolute Gasteiger partial charge is 0.0795 e. The summed E-state index contributed by atoms with van der Waals surface area (Å²) in [4.78, 5) is 5.58. The van der Waals surface area contributed by atoms with Crippen molar-refractivity contribution < 1.29 is 0 Å². The van der Waals surface area contributed by atoms with Crippen LogP contribution in [0.25, 0.3) is 0 Å². The molecule has 1 unspecified atom stereocenters. The Hall–Kier alpha value is -1.00. The van der Waals surface area contributed by atoms with Crippen LogP contribution in [0.4, 0.5) is 5.69 Å². The number of hydrogen-bond acceptors (Lipinski definition) is 4. The summed E-state index contributed by atoms with van der Waals surface area (Å²) in [6.07, 6.45) is 2.09. The molecule has 0 saturated heterocycles. The third kappa shape index (κ3) is 2.77. The summed E-state index contributed by atoms with van der Waals surface area (Å²) in [6, 6.07) is 8.69. The van der Waals surface area contributed by atoms with Gasteiger partial charge in [-0.3, -0.25) is 0 Å². The van der Waals surface area contributed by atoms with Crippen molar-refractivity contribution in [2.24, 2.45) is 0 Å². The van der Waals surface area contributed by atoms with E-state index in [1.54, 1.807) is 23.1 Å². The normalized spacial score (nSPS) is 12.4. The molecule has 2 rings (SSSR count). The van der Waals surface area contributed by atoms with Crippen LogP contribution in [-0.2, 0) is 0 Å². The van der Waals surface area contributed by atoms with Gasteiger partial charge in [-0.2, -0.15) is 0 Å². The summed E-state index contributed by atoms with van der Waals surface area (Å²) < 4.78 is 0. The molecule has 0 bridgehead atoms. The Bertz CT molecular complexity index is 440. The Labute approximate surface area is 104 Å². The number of thioether (sulfide) groups is 1. The van der Waals surface area contributed by atoms with E-state index in [1.165, 1.54) is 4.90 Å². The minimum atomic E-state index is 0.253. The molecule has 4 heteroatoms. The second-order valence-electron chi connectivity index (χ2n) is 3.51. The summed E-state index contributed by atoms with van der Waals surface area (Å²) in [7, 11) is 0. The van der Waals surface area contributed by atoms with Gasteiger partial charge < -0.3 is 5.32 Å². The highest BCUT2D eigenvalue weighted by atomic mass is 32.2. The van der Waals surface area contributed by atoms with Gasteiger partial charge >= 0.3 is 0 Å². The fourth-order valence-corrected chi connectivity index (χ4v) is 2.58. The second-order valence-corrected chi connectivity index (χ2v) is 5.11. The molecule has 1 N–H and O–H groups in total. The van der Waals surface area contributed by atoms with E-state index in [-0.39, 0.29) is 6.04 Å². The molecule has 1 atom stereocenters. The van der Waals surface area contributed by atoms with E-state index in [0.717, 1.165) is 11.4 Å². The molecule has 0 amide bonds. The molecule has 0 saturated carbocycles. The van der Waals surface area contributed by atoms with Gasteiger partial charge in [0.05, 0.1) is 17.2 Å². The van der Waals surface area contributed by atoms with Crippen LogP contribution in [0.2, 0.25) is 0 Å². The highest BCUT2D eigenvalue weighted by molar-refractivity contribution is 7.98. The van der Waals surface area contributed by atoms with E-state index in [9.17, 15) is 0 Å². The van der Waals surface area contributed by atoms with Gasteiger partial charge in [-0.15, -0.1) is 23.1 Å². The number of rotatable bonds is 4. The van der Waals surface area contributed by atoms with Crippen LogP contribution in [-0.4, -0.2) is 11.2 Å². The van der Waals surface area contributed by atoms with Gasteiger partial charge in [-0.05, 0) is 31.4 Å². The van der Waals surface area contributed by atoms with E-state index >= 15 is 0 Å². The topological polar surface area (TPSA) is 24.9 Å². The SMILES string of the molecule is CSc1cccc(NC(C)c2cscn2)c1. The Balaban J connectivity index is 2.08. The Morgan fingerprint density at radius 1 is 1.44 bits per heavy atom. The molecule has 0 aliphatic carbocycles. The summed E-state index contributed by atoms with van der Waals surface area (Å²) >= 11 is 3.38. The second kappa shape index (κ2) is 5.37. The molecule has 0 aliphatic heterocycles. The highest BCUT2D eigenvalue weighted by Gasteiger charge is 2.06. The standard InChI is InChI=1S/C12H14N2S2/c1-9(12-7-16-8-13-12)14-10-4-3-5-11(6-10)15-2/h3-9,14H,1-2H3. The van der Waals surface area contributed by atoms with Gasteiger partial charge in [0.25, 0.3) is 0 Å². The van der Waals surface area contributed by atoms with Crippen molar-refractivity contribution in [1.29, 1.82) is 0 Å². The number of nitrogens with zero attached hydrogens (tertiary/aromatic N) is 1. The minimum Gasteiger partial charge on any atom is -0.377 e. The van der Waals surface area contributed by atoms with Crippen LogP contribution in [0.15, 0.2) is 40.1 Å². The average molecular weight is 250 g/mol. The number of anilines is 1. The van der Waals surface area contributed by atoms with Crippen LogP contribution >= 0.6 is 23.1 Å². The Morgan fingerprint density at radius 3 is 3.00 bits per heavy atom. The maximum Gasteiger partial charge on any atom is 0.0795 e. The van der Waals surface area contributed by atoms with Crippen LogP contribution in [0.1, 0.15) is 18.7 Å². The average Bonchev–Trinajstić information content (AvgIpc) is 2.83. The number of hydrogen-bond donors (Lipinski definition) is 1. The third-order valence-corrected chi connectivity index (χ3v) is 3.68. The number of nitrogens with one attached hydrogen (secondary N) is 1. The molecule has 2 aromatic rings. The van der Waals surface area contributed by atoms with Gasteiger partial charge in [0, 0.05) is 16.0 Å². The van der Waals surface area contributed by atoms with Crippen molar-refractivity contribution in [1.82, 2.24) is 4.98 Å². The van der Waals surface area contributed by atoms with Crippen molar-refractivity contribution in [2.75, 3.05) is 11.6 Å². The first kappa shape index (κ1) is 11.5. The number of aromatic nitrogens is 1. The highest BCUT2D eigenvalue weighted by Crippen LogP contribution is 2.23. The molecular formula is C12H14N2S2. The lowest BCUT2D eigenvalue weighted by atomic mass is 10.2. The first-order valence-corrected chi connectivity index (χ1v) is 7.25. The summed E-state index contributed by atoms with van der Waals surface area (Å²) in [5.41, 5.74) is 4.11. The van der Waals surface area contributed by atoms with Crippen molar-refractivity contribution in [3.8, 4) is 0 Å². The summed E-state index contributed by atoms with van der Waals surface area (Å²) in [6.45, 7) is 2.13. The zero-order chi connectivity index (χ0) is 11.4. The van der Waals surface area contributed by atoms with Gasteiger partial charge in [0.1, 0.15) is 0 Å². The third-order valence-electron chi connectivity index (χ3n) is 2.35. The molecule has 0 aliphatic rings. The van der Waals surface area contributed by atoms with Crippen molar-refractivity contribution in [3.63, 3.8) is 0 Å². The van der Waals surface area contributed by atoms with E-state index < -0.39 is 0 Å². The first-order valence-electron chi connectivity index (χ1n) is 5.08. The van der Waals surface area contributed by atoms with Crippen molar-refractivity contribution >= 4 is 28.8 Å².